The molecule has 0 aromatic heterocycles. The van der Waals surface area contributed by atoms with E-state index < -0.39 is 10.8 Å². The number of hydrogen-bond donors (Lipinski definition) is 0. The van der Waals surface area contributed by atoms with Gasteiger partial charge in [-0.05, 0) is 13.0 Å². The van der Waals surface area contributed by atoms with Crippen molar-refractivity contribution in [3.05, 3.63) is 33.9 Å². The number of nitro benzene ring substituents is 1. The highest BCUT2D eigenvalue weighted by Gasteiger charge is 2.15. The molecule has 0 aliphatic rings. The van der Waals surface area contributed by atoms with E-state index in [9.17, 15) is 10.1 Å². The summed E-state index contributed by atoms with van der Waals surface area (Å²) >= 11 is 0. The highest BCUT2D eigenvalue weighted by atomic mass is 16.6. The fraction of sp³-hybridized carbons (Fsp3) is 0.300. The van der Waals surface area contributed by atoms with Crippen molar-refractivity contribution in [2.75, 3.05) is 7.11 Å². The number of ether oxygens (including phenoxy) is 1. The van der Waals surface area contributed by atoms with Crippen LogP contribution in [0.2, 0.25) is 0 Å². The van der Waals surface area contributed by atoms with Crippen LogP contribution in [0.1, 0.15) is 18.4 Å². The maximum absolute atomic E-state index is 10.5. The molecule has 1 unspecified atom stereocenters. The van der Waals surface area contributed by atoms with Crippen LogP contribution in [0.25, 0.3) is 0 Å². The molecule has 0 heterocycles. The van der Waals surface area contributed by atoms with E-state index >= 15 is 0 Å². The predicted octanol–water partition coefficient (Wildman–Crippen LogP) is 2.23. The lowest BCUT2D eigenvalue weighted by Gasteiger charge is -2.08. The molecule has 1 rings (SSSR count). The molecule has 0 amide bonds. The van der Waals surface area contributed by atoms with E-state index in [1.165, 1.54) is 25.3 Å². The number of hydrogen-bond acceptors (Lipinski definition) is 4. The molecule has 0 N–H and O–H groups in total. The summed E-state index contributed by atoms with van der Waals surface area (Å²) < 4.78 is 5.03. The Balaban J connectivity index is 3.26. The van der Waals surface area contributed by atoms with E-state index in [-0.39, 0.29) is 5.69 Å². The van der Waals surface area contributed by atoms with Crippen molar-refractivity contribution in [1.82, 2.24) is 0 Å². The summed E-state index contributed by atoms with van der Waals surface area (Å²) in [6.07, 6.45) is 0. The Hall–Kier alpha value is -2.09. The van der Waals surface area contributed by atoms with Crippen molar-refractivity contribution in [2.24, 2.45) is 0 Å². The Morgan fingerprint density at radius 1 is 1.60 bits per heavy atom. The van der Waals surface area contributed by atoms with Gasteiger partial charge in [0.05, 0.1) is 24.0 Å². The Morgan fingerprint density at radius 2 is 2.27 bits per heavy atom. The van der Waals surface area contributed by atoms with Crippen LogP contribution in [-0.2, 0) is 0 Å². The molecule has 1 aromatic carbocycles. The molecule has 1 atom stereocenters. The van der Waals surface area contributed by atoms with Crippen LogP contribution in [0, 0.1) is 21.4 Å². The minimum absolute atomic E-state index is 0.0344. The molecule has 5 nitrogen and oxygen atoms in total. The van der Waals surface area contributed by atoms with Crippen LogP contribution >= 0.6 is 0 Å². The van der Waals surface area contributed by atoms with Crippen LogP contribution in [0.5, 0.6) is 5.75 Å². The number of methoxy groups -OCH3 is 1. The molecule has 1 aromatic rings. The fourth-order valence-corrected chi connectivity index (χ4v) is 1.24. The molecular weight excluding hydrogens is 196 g/mol. The maximum Gasteiger partial charge on any atom is 0.270 e. The van der Waals surface area contributed by atoms with Gasteiger partial charge in [0.1, 0.15) is 5.75 Å². The summed E-state index contributed by atoms with van der Waals surface area (Å²) in [5, 5.41) is 19.3. The second-order valence-electron chi connectivity index (χ2n) is 3.03. The summed E-state index contributed by atoms with van der Waals surface area (Å²) in [5.41, 5.74) is 0.502. The van der Waals surface area contributed by atoms with Crippen molar-refractivity contribution in [1.29, 1.82) is 5.26 Å². The largest absolute Gasteiger partial charge is 0.496 e. The van der Waals surface area contributed by atoms with Crippen LogP contribution < -0.4 is 4.74 Å². The SMILES string of the molecule is COc1ccc([N+](=O)[O-])cc1C(C)C#N. The minimum Gasteiger partial charge on any atom is -0.496 e. The van der Waals surface area contributed by atoms with E-state index in [0.29, 0.717) is 11.3 Å². The lowest BCUT2D eigenvalue weighted by atomic mass is 10.0. The van der Waals surface area contributed by atoms with Crippen LogP contribution in [0.4, 0.5) is 5.69 Å². The van der Waals surface area contributed by atoms with Crippen molar-refractivity contribution in [3.8, 4) is 11.8 Å². The molecule has 0 radical (unpaired) electrons. The lowest BCUT2D eigenvalue weighted by molar-refractivity contribution is -0.384. The van der Waals surface area contributed by atoms with Gasteiger partial charge in [-0.1, -0.05) is 0 Å². The number of nitrogens with zero attached hydrogens (tertiary/aromatic N) is 2. The second-order valence-corrected chi connectivity index (χ2v) is 3.03. The van der Waals surface area contributed by atoms with Crippen molar-refractivity contribution < 1.29 is 9.66 Å². The monoisotopic (exact) mass is 206 g/mol. The number of non-ortho nitro benzene ring substituents is 1. The molecule has 5 heteroatoms. The first kappa shape index (κ1) is 11.0. The normalized spacial score (nSPS) is 11.5. The maximum atomic E-state index is 10.5. The zero-order valence-corrected chi connectivity index (χ0v) is 8.43. The first-order chi connectivity index (χ1) is 7.10. The number of benzene rings is 1. The van der Waals surface area contributed by atoms with Gasteiger partial charge in [-0.15, -0.1) is 0 Å². The van der Waals surface area contributed by atoms with Gasteiger partial charge < -0.3 is 4.74 Å². The van der Waals surface area contributed by atoms with Gasteiger partial charge in [0, 0.05) is 17.7 Å². The van der Waals surface area contributed by atoms with Gasteiger partial charge in [-0.3, -0.25) is 10.1 Å². The fourth-order valence-electron chi connectivity index (χ4n) is 1.24. The summed E-state index contributed by atoms with van der Waals surface area (Å²) in [6.45, 7) is 1.67. The highest BCUT2D eigenvalue weighted by Crippen LogP contribution is 2.29. The molecule has 0 saturated heterocycles. The topological polar surface area (TPSA) is 76.2 Å². The van der Waals surface area contributed by atoms with Crippen LogP contribution in [0.3, 0.4) is 0 Å². The van der Waals surface area contributed by atoms with Gasteiger partial charge in [0.15, 0.2) is 0 Å². The molecule has 0 aliphatic heterocycles. The molecule has 0 fully saturated rings. The van der Waals surface area contributed by atoms with E-state index in [2.05, 4.69) is 0 Å². The molecule has 0 spiro atoms. The smallest absolute Gasteiger partial charge is 0.270 e. The van der Waals surface area contributed by atoms with Crippen molar-refractivity contribution >= 4 is 5.69 Å². The quantitative estimate of drug-likeness (QED) is 0.561. The van der Waals surface area contributed by atoms with Crippen molar-refractivity contribution in [2.45, 2.75) is 12.8 Å². The molecular formula is C10H10N2O3. The highest BCUT2D eigenvalue weighted by molar-refractivity contribution is 5.47. The van der Waals surface area contributed by atoms with Crippen LogP contribution in [-0.4, -0.2) is 12.0 Å². The standard InChI is InChI=1S/C10H10N2O3/c1-7(6-11)9-5-8(12(13)14)3-4-10(9)15-2/h3-5,7H,1-2H3. The lowest BCUT2D eigenvalue weighted by Crippen LogP contribution is -1.97. The van der Waals surface area contributed by atoms with Gasteiger partial charge in [-0.2, -0.15) is 5.26 Å². The van der Waals surface area contributed by atoms with Gasteiger partial charge in [0.2, 0.25) is 0 Å². The van der Waals surface area contributed by atoms with Gasteiger partial charge in [0.25, 0.3) is 5.69 Å². The van der Waals surface area contributed by atoms with Crippen molar-refractivity contribution in [3.63, 3.8) is 0 Å². The third kappa shape index (κ3) is 2.23. The summed E-state index contributed by atoms with van der Waals surface area (Å²) in [5.74, 6) is 0.0644. The third-order valence-corrected chi connectivity index (χ3v) is 2.08. The average molecular weight is 206 g/mol. The molecule has 15 heavy (non-hydrogen) atoms. The van der Waals surface area contributed by atoms with E-state index in [1.54, 1.807) is 6.92 Å². The predicted molar refractivity (Wildman–Crippen MR) is 53.7 cm³/mol. The van der Waals surface area contributed by atoms with E-state index in [0.717, 1.165) is 0 Å². The first-order valence-electron chi connectivity index (χ1n) is 4.32. The van der Waals surface area contributed by atoms with Gasteiger partial charge >= 0.3 is 0 Å². The van der Waals surface area contributed by atoms with E-state index in [1.807, 2.05) is 6.07 Å². The molecule has 0 saturated carbocycles. The Kier molecular flexibility index (Phi) is 3.24. The number of rotatable bonds is 3. The molecule has 0 aliphatic carbocycles. The van der Waals surface area contributed by atoms with Gasteiger partial charge in [-0.25, -0.2) is 0 Å². The van der Waals surface area contributed by atoms with Crippen LogP contribution in [0.15, 0.2) is 18.2 Å². The zero-order chi connectivity index (χ0) is 11.4. The Bertz CT molecular complexity index is 423. The molecule has 78 valence electrons. The third-order valence-electron chi connectivity index (χ3n) is 2.08. The number of nitriles is 1. The van der Waals surface area contributed by atoms with E-state index in [4.69, 9.17) is 10.00 Å². The summed E-state index contributed by atoms with van der Waals surface area (Å²) in [7, 11) is 1.47. The summed E-state index contributed by atoms with van der Waals surface area (Å²) in [6, 6.07) is 6.24. The second kappa shape index (κ2) is 4.42. The first-order valence-corrected chi connectivity index (χ1v) is 4.32. The average Bonchev–Trinajstić information content (AvgIpc) is 2.27. The Labute approximate surface area is 87.1 Å². The Morgan fingerprint density at radius 3 is 2.73 bits per heavy atom. The number of nitro groups is 1. The minimum atomic E-state index is -0.493. The molecule has 0 bridgehead atoms. The summed E-state index contributed by atoms with van der Waals surface area (Å²) in [4.78, 5) is 10.1. The zero-order valence-electron chi connectivity index (χ0n) is 8.43.